The number of amides is 1. The van der Waals surface area contributed by atoms with Gasteiger partial charge in [-0.2, -0.15) is 0 Å². The van der Waals surface area contributed by atoms with E-state index in [0.29, 0.717) is 36.8 Å². The second kappa shape index (κ2) is 5.27. The van der Waals surface area contributed by atoms with Crippen molar-refractivity contribution in [1.82, 2.24) is 4.90 Å². The van der Waals surface area contributed by atoms with Gasteiger partial charge in [-0.15, -0.1) is 0 Å². The molecule has 2 heterocycles. The number of fused-ring (bicyclic) bond motifs is 1. The van der Waals surface area contributed by atoms with Crippen LogP contribution in [0.2, 0.25) is 0 Å². The highest BCUT2D eigenvalue weighted by Crippen LogP contribution is 2.32. The molecule has 0 aliphatic carbocycles. The third kappa shape index (κ3) is 2.53. The molecule has 0 aromatic heterocycles. The molecular weight excluding hydrogens is 274 g/mol. The fraction of sp³-hybridized carbons (Fsp3) is 0.467. The predicted octanol–water partition coefficient (Wildman–Crippen LogP) is 1.25. The Bertz CT molecular complexity index is 585. The number of hydrogen-bond donors (Lipinski definition) is 1. The SMILES string of the molecule is C[C@@H]1CN(C(=O)c2ccc3c(c2)OCCO3)C[C@H]1C(=O)O. The lowest BCUT2D eigenvalue weighted by Gasteiger charge is -2.20. The number of rotatable bonds is 2. The van der Waals surface area contributed by atoms with Crippen LogP contribution >= 0.6 is 0 Å². The number of carbonyl (C=O) groups excluding carboxylic acids is 1. The number of carbonyl (C=O) groups is 2. The van der Waals surface area contributed by atoms with Gasteiger partial charge in [-0.1, -0.05) is 6.92 Å². The third-order valence-electron chi connectivity index (χ3n) is 4.01. The first-order valence-corrected chi connectivity index (χ1v) is 6.98. The Morgan fingerprint density at radius 3 is 2.57 bits per heavy atom. The number of ether oxygens (including phenoxy) is 2. The molecule has 1 amide bonds. The quantitative estimate of drug-likeness (QED) is 0.887. The molecule has 1 N–H and O–H groups in total. The molecule has 2 atom stereocenters. The minimum absolute atomic E-state index is 0.0383. The van der Waals surface area contributed by atoms with Crippen LogP contribution in [0.15, 0.2) is 18.2 Å². The standard InChI is InChI=1S/C15H17NO5/c1-9-7-16(8-11(9)15(18)19)14(17)10-2-3-12-13(6-10)21-5-4-20-12/h2-3,6,9,11H,4-5,7-8H2,1H3,(H,18,19)/t9-,11-/m1/s1. The van der Waals surface area contributed by atoms with Crippen LogP contribution in [0.5, 0.6) is 11.5 Å². The maximum atomic E-state index is 12.5. The normalized spacial score (nSPS) is 24.0. The van der Waals surface area contributed by atoms with Crippen LogP contribution in [-0.2, 0) is 4.79 Å². The zero-order chi connectivity index (χ0) is 15.0. The Labute approximate surface area is 122 Å². The summed E-state index contributed by atoms with van der Waals surface area (Å²) in [7, 11) is 0. The minimum Gasteiger partial charge on any atom is -0.486 e. The zero-order valence-corrected chi connectivity index (χ0v) is 11.7. The highest BCUT2D eigenvalue weighted by Gasteiger charge is 2.37. The lowest BCUT2D eigenvalue weighted by Crippen LogP contribution is -2.30. The molecule has 1 saturated heterocycles. The van der Waals surface area contributed by atoms with Crippen LogP contribution in [0.3, 0.4) is 0 Å². The molecule has 0 spiro atoms. The van der Waals surface area contributed by atoms with E-state index in [2.05, 4.69) is 0 Å². The number of benzene rings is 1. The maximum Gasteiger partial charge on any atom is 0.308 e. The fourth-order valence-electron chi connectivity index (χ4n) is 2.81. The average molecular weight is 291 g/mol. The summed E-state index contributed by atoms with van der Waals surface area (Å²) in [6.07, 6.45) is 0. The van der Waals surface area contributed by atoms with Gasteiger partial charge in [-0.3, -0.25) is 9.59 Å². The van der Waals surface area contributed by atoms with Gasteiger partial charge in [-0.25, -0.2) is 0 Å². The van der Waals surface area contributed by atoms with Gasteiger partial charge in [0.05, 0.1) is 5.92 Å². The molecule has 0 unspecified atom stereocenters. The lowest BCUT2D eigenvalue weighted by atomic mass is 9.99. The van der Waals surface area contributed by atoms with Gasteiger partial charge in [0.25, 0.3) is 5.91 Å². The fourth-order valence-corrected chi connectivity index (χ4v) is 2.81. The van der Waals surface area contributed by atoms with Gasteiger partial charge < -0.3 is 19.5 Å². The maximum absolute atomic E-state index is 12.5. The van der Waals surface area contributed by atoms with Gasteiger partial charge in [0.1, 0.15) is 13.2 Å². The Hall–Kier alpha value is -2.24. The molecule has 2 aliphatic rings. The van der Waals surface area contributed by atoms with Crippen LogP contribution in [0.1, 0.15) is 17.3 Å². The average Bonchev–Trinajstić information content (AvgIpc) is 2.88. The Morgan fingerprint density at radius 2 is 1.90 bits per heavy atom. The monoisotopic (exact) mass is 291 g/mol. The van der Waals surface area contributed by atoms with E-state index in [1.54, 1.807) is 23.1 Å². The van der Waals surface area contributed by atoms with Crippen LogP contribution in [0.4, 0.5) is 0 Å². The summed E-state index contributed by atoms with van der Waals surface area (Å²) < 4.78 is 10.9. The second-order valence-corrected chi connectivity index (χ2v) is 5.49. The Balaban J connectivity index is 1.78. The van der Waals surface area contributed by atoms with Gasteiger partial charge in [0, 0.05) is 18.7 Å². The van der Waals surface area contributed by atoms with E-state index in [0.717, 1.165) is 0 Å². The summed E-state index contributed by atoms with van der Waals surface area (Å²) in [4.78, 5) is 25.2. The molecule has 21 heavy (non-hydrogen) atoms. The van der Waals surface area contributed by atoms with Crippen molar-refractivity contribution >= 4 is 11.9 Å². The molecule has 1 aromatic rings. The Morgan fingerprint density at radius 1 is 1.19 bits per heavy atom. The Kier molecular flexibility index (Phi) is 3.45. The summed E-state index contributed by atoms with van der Waals surface area (Å²) >= 11 is 0. The number of carboxylic acids is 1. The van der Waals surface area contributed by atoms with Crippen LogP contribution < -0.4 is 9.47 Å². The first-order chi connectivity index (χ1) is 10.1. The summed E-state index contributed by atoms with van der Waals surface area (Å²) in [5.74, 6) is -0.345. The number of nitrogens with zero attached hydrogens (tertiary/aromatic N) is 1. The first kappa shape index (κ1) is 13.7. The van der Waals surface area contributed by atoms with Crippen LogP contribution in [0.25, 0.3) is 0 Å². The van der Waals surface area contributed by atoms with Crippen molar-refractivity contribution in [2.45, 2.75) is 6.92 Å². The van der Waals surface area contributed by atoms with Crippen molar-refractivity contribution in [3.63, 3.8) is 0 Å². The molecule has 0 bridgehead atoms. The summed E-state index contributed by atoms with van der Waals surface area (Å²) in [5.41, 5.74) is 0.498. The summed E-state index contributed by atoms with van der Waals surface area (Å²) in [6, 6.07) is 5.07. The molecule has 3 rings (SSSR count). The van der Waals surface area contributed by atoms with Crippen molar-refractivity contribution in [3.8, 4) is 11.5 Å². The molecule has 2 aliphatic heterocycles. The molecule has 0 radical (unpaired) electrons. The second-order valence-electron chi connectivity index (χ2n) is 5.49. The topological polar surface area (TPSA) is 76.1 Å². The minimum atomic E-state index is -0.847. The number of carboxylic acid groups (broad SMARTS) is 1. The van der Waals surface area contributed by atoms with E-state index in [1.165, 1.54) is 0 Å². The molecule has 6 nitrogen and oxygen atoms in total. The lowest BCUT2D eigenvalue weighted by molar-refractivity contribution is -0.142. The molecule has 112 valence electrons. The summed E-state index contributed by atoms with van der Waals surface area (Å²) in [6.45, 7) is 3.54. The van der Waals surface area contributed by atoms with E-state index in [4.69, 9.17) is 14.6 Å². The van der Waals surface area contributed by atoms with Crippen molar-refractivity contribution < 1.29 is 24.2 Å². The largest absolute Gasteiger partial charge is 0.486 e. The van der Waals surface area contributed by atoms with Crippen molar-refractivity contribution in [2.75, 3.05) is 26.3 Å². The van der Waals surface area contributed by atoms with E-state index in [-0.39, 0.29) is 18.4 Å². The van der Waals surface area contributed by atoms with Crippen molar-refractivity contribution in [1.29, 1.82) is 0 Å². The van der Waals surface area contributed by atoms with Gasteiger partial charge in [-0.05, 0) is 24.1 Å². The van der Waals surface area contributed by atoms with Crippen LogP contribution in [0, 0.1) is 11.8 Å². The molecule has 1 aromatic carbocycles. The predicted molar refractivity (Wildman–Crippen MR) is 73.6 cm³/mol. The third-order valence-corrected chi connectivity index (χ3v) is 4.01. The van der Waals surface area contributed by atoms with E-state index in [1.807, 2.05) is 6.92 Å². The summed E-state index contributed by atoms with van der Waals surface area (Å²) in [5, 5.41) is 9.14. The first-order valence-electron chi connectivity index (χ1n) is 6.98. The van der Waals surface area contributed by atoms with Gasteiger partial charge >= 0.3 is 5.97 Å². The van der Waals surface area contributed by atoms with Gasteiger partial charge in [0.15, 0.2) is 11.5 Å². The molecule has 1 fully saturated rings. The van der Waals surface area contributed by atoms with Gasteiger partial charge in [0.2, 0.25) is 0 Å². The highest BCUT2D eigenvalue weighted by atomic mass is 16.6. The van der Waals surface area contributed by atoms with E-state index < -0.39 is 11.9 Å². The highest BCUT2D eigenvalue weighted by molar-refractivity contribution is 5.95. The van der Waals surface area contributed by atoms with Crippen molar-refractivity contribution in [2.24, 2.45) is 11.8 Å². The number of aliphatic carboxylic acids is 1. The molecule has 0 saturated carbocycles. The smallest absolute Gasteiger partial charge is 0.308 e. The van der Waals surface area contributed by atoms with E-state index >= 15 is 0 Å². The number of likely N-dealkylation sites (tertiary alicyclic amines) is 1. The van der Waals surface area contributed by atoms with E-state index in [9.17, 15) is 9.59 Å². The van der Waals surface area contributed by atoms with Crippen LogP contribution in [-0.4, -0.2) is 48.2 Å². The zero-order valence-electron chi connectivity index (χ0n) is 11.7. The number of hydrogen-bond acceptors (Lipinski definition) is 4. The molecule has 6 heteroatoms. The molecular formula is C15H17NO5. The van der Waals surface area contributed by atoms with Crippen molar-refractivity contribution in [3.05, 3.63) is 23.8 Å².